The van der Waals surface area contributed by atoms with Crippen LogP contribution in [0.3, 0.4) is 0 Å². The van der Waals surface area contributed by atoms with Crippen LogP contribution in [-0.4, -0.2) is 0 Å². The van der Waals surface area contributed by atoms with E-state index in [1.165, 1.54) is 12.0 Å². The zero-order valence-corrected chi connectivity index (χ0v) is 9.25. The summed E-state index contributed by atoms with van der Waals surface area (Å²) in [6.45, 7) is 6.70. The average molecular weight is 186 g/mol. The quantitative estimate of drug-likeness (QED) is 0.575. The lowest BCUT2D eigenvalue weighted by Crippen LogP contribution is -1.88. The highest BCUT2D eigenvalue weighted by Gasteiger charge is 2.25. The van der Waals surface area contributed by atoms with Crippen molar-refractivity contribution >= 4 is 0 Å². The van der Waals surface area contributed by atoms with E-state index in [2.05, 4.69) is 51.1 Å². The van der Waals surface area contributed by atoms with Crippen molar-refractivity contribution in [2.75, 3.05) is 0 Å². The van der Waals surface area contributed by atoms with Crippen molar-refractivity contribution in [3.05, 3.63) is 47.0 Å². The van der Waals surface area contributed by atoms with Crippen LogP contribution in [0.25, 0.3) is 0 Å². The third-order valence-corrected chi connectivity index (χ3v) is 3.07. The monoisotopic (exact) mass is 186 g/mol. The van der Waals surface area contributed by atoms with Gasteiger partial charge in [0.25, 0.3) is 0 Å². The molecule has 0 fully saturated rings. The number of benzene rings is 1. The molecule has 0 bridgehead atoms. The van der Waals surface area contributed by atoms with E-state index >= 15 is 0 Å². The minimum absolute atomic E-state index is 0.659. The van der Waals surface area contributed by atoms with E-state index < -0.39 is 0 Å². The Morgan fingerprint density at radius 2 is 1.86 bits per heavy atom. The molecule has 0 aromatic heterocycles. The van der Waals surface area contributed by atoms with Gasteiger partial charge < -0.3 is 0 Å². The Kier molecular flexibility index (Phi) is 2.45. The third kappa shape index (κ3) is 1.61. The first-order valence-corrected chi connectivity index (χ1v) is 5.42. The molecule has 0 spiro atoms. The minimum atomic E-state index is 0.659. The van der Waals surface area contributed by atoms with Crippen LogP contribution in [0.4, 0.5) is 0 Å². The smallest absolute Gasteiger partial charge is 0.00289 e. The highest BCUT2D eigenvalue weighted by Crippen LogP contribution is 2.42. The van der Waals surface area contributed by atoms with Gasteiger partial charge in [-0.25, -0.2) is 0 Å². The predicted octanol–water partition coefficient (Wildman–Crippen LogP) is 4.24. The van der Waals surface area contributed by atoms with Gasteiger partial charge in [0.2, 0.25) is 0 Å². The van der Waals surface area contributed by atoms with Crippen molar-refractivity contribution in [2.45, 2.75) is 39.0 Å². The van der Waals surface area contributed by atoms with Crippen LogP contribution < -0.4 is 0 Å². The highest BCUT2D eigenvalue weighted by molar-refractivity contribution is 5.40. The van der Waals surface area contributed by atoms with Crippen LogP contribution in [0.2, 0.25) is 0 Å². The van der Waals surface area contributed by atoms with Crippen LogP contribution in [0.15, 0.2) is 35.9 Å². The summed E-state index contributed by atoms with van der Waals surface area (Å²) < 4.78 is 0. The zero-order chi connectivity index (χ0) is 10.1. The first-order valence-electron chi connectivity index (χ1n) is 5.42. The molecule has 0 unspecified atom stereocenters. The molecule has 1 aliphatic carbocycles. The molecular weight excluding hydrogens is 168 g/mol. The van der Waals surface area contributed by atoms with Gasteiger partial charge in [-0.1, -0.05) is 42.8 Å². The first-order chi connectivity index (χ1) is 6.68. The Morgan fingerprint density at radius 1 is 1.21 bits per heavy atom. The van der Waals surface area contributed by atoms with E-state index in [1.54, 1.807) is 11.1 Å². The van der Waals surface area contributed by atoms with Crippen molar-refractivity contribution in [3.63, 3.8) is 0 Å². The van der Waals surface area contributed by atoms with Gasteiger partial charge in [0.05, 0.1) is 0 Å². The summed E-state index contributed by atoms with van der Waals surface area (Å²) in [7, 11) is 0. The minimum Gasteiger partial charge on any atom is -0.0798 e. The zero-order valence-electron chi connectivity index (χ0n) is 9.25. The van der Waals surface area contributed by atoms with E-state index in [-0.39, 0.29) is 0 Å². The highest BCUT2D eigenvalue weighted by atomic mass is 14.3. The molecule has 0 radical (unpaired) electrons. The summed E-state index contributed by atoms with van der Waals surface area (Å²) >= 11 is 0. The van der Waals surface area contributed by atoms with E-state index in [4.69, 9.17) is 0 Å². The molecule has 0 saturated heterocycles. The maximum absolute atomic E-state index is 2.41. The summed E-state index contributed by atoms with van der Waals surface area (Å²) in [5.41, 5.74) is 4.52. The van der Waals surface area contributed by atoms with Crippen LogP contribution in [0.1, 0.15) is 50.2 Å². The molecule has 1 aliphatic rings. The Morgan fingerprint density at radius 3 is 2.50 bits per heavy atom. The van der Waals surface area contributed by atoms with Crippen molar-refractivity contribution in [3.8, 4) is 0 Å². The molecule has 74 valence electrons. The molecule has 2 rings (SSSR count). The Balaban J connectivity index is 2.39. The van der Waals surface area contributed by atoms with Crippen LogP contribution >= 0.6 is 0 Å². The second kappa shape index (κ2) is 3.61. The van der Waals surface area contributed by atoms with Crippen LogP contribution in [0.5, 0.6) is 0 Å². The largest absolute Gasteiger partial charge is 0.0798 e. The van der Waals surface area contributed by atoms with Crippen molar-refractivity contribution in [2.24, 2.45) is 0 Å². The van der Waals surface area contributed by atoms with Gasteiger partial charge in [-0.2, -0.15) is 0 Å². The topological polar surface area (TPSA) is 0 Å². The summed E-state index contributed by atoms with van der Waals surface area (Å²) in [5.74, 6) is 1.39. The number of allylic oxidation sites excluding steroid dienone is 2. The Labute approximate surface area is 86.7 Å². The number of hydrogen-bond donors (Lipinski definition) is 0. The van der Waals surface area contributed by atoms with E-state index in [0.29, 0.717) is 5.92 Å². The van der Waals surface area contributed by atoms with Gasteiger partial charge in [0.1, 0.15) is 0 Å². The fourth-order valence-electron chi connectivity index (χ4n) is 2.49. The lowest BCUT2D eigenvalue weighted by Gasteiger charge is -2.06. The Hall–Kier alpha value is -1.04. The second-order valence-corrected chi connectivity index (χ2v) is 4.62. The Bertz CT molecular complexity index is 356. The summed E-state index contributed by atoms with van der Waals surface area (Å²) in [5, 5.41) is 0. The van der Waals surface area contributed by atoms with E-state index in [1.807, 2.05) is 0 Å². The third-order valence-electron chi connectivity index (χ3n) is 3.07. The number of fused-ring (bicyclic) bond motifs is 1. The van der Waals surface area contributed by atoms with Gasteiger partial charge in [-0.05, 0) is 37.3 Å². The lowest BCUT2D eigenvalue weighted by atomic mass is 9.99. The number of hydrogen-bond acceptors (Lipinski definition) is 0. The van der Waals surface area contributed by atoms with Crippen molar-refractivity contribution < 1.29 is 0 Å². The molecule has 0 heterocycles. The normalized spacial score (nSPS) is 24.5. The van der Waals surface area contributed by atoms with Gasteiger partial charge in [-0.3, -0.25) is 0 Å². The van der Waals surface area contributed by atoms with Crippen molar-refractivity contribution in [1.82, 2.24) is 0 Å². The molecule has 1 aromatic rings. The summed E-state index contributed by atoms with van der Waals surface area (Å²) in [4.78, 5) is 0. The molecular formula is C14H18. The molecule has 0 amide bonds. The average Bonchev–Trinajstić information content (AvgIpc) is 2.44. The maximum Gasteiger partial charge on any atom is 0.00289 e. The molecule has 0 N–H and O–H groups in total. The van der Waals surface area contributed by atoms with Gasteiger partial charge in [-0.15, -0.1) is 0 Å². The maximum atomic E-state index is 2.41. The predicted molar refractivity (Wildman–Crippen MR) is 61.6 cm³/mol. The molecule has 0 heteroatoms. The molecule has 1 aromatic carbocycles. The fraction of sp³-hybridized carbons (Fsp3) is 0.429. The fourth-order valence-corrected chi connectivity index (χ4v) is 2.49. The second-order valence-electron chi connectivity index (χ2n) is 4.62. The van der Waals surface area contributed by atoms with E-state index in [0.717, 1.165) is 5.92 Å². The van der Waals surface area contributed by atoms with Crippen LogP contribution in [0, 0.1) is 0 Å². The van der Waals surface area contributed by atoms with Gasteiger partial charge in [0.15, 0.2) is 0 Å². The molecule has 14 heavy (non-hydrogen) atoms. The van der Waals surface area contributed by atoms with Gasteiger partial charge >= 0.3 is 0 Å². The SMILES string of the molecule is CC(C)=C[C@H]1C[C@H](C)c2ccccc21. The standard InChI is InChI=1S/C14H18/c1-10(2)8-12-9-11(3)13-6-4-5-7-14(12)13/h4-8,11-12H,9H2,1-3H3/t11-,12-/m0/s1. The number of rotatable bonds is 1. The van der Waals surface area contributed by atoms with E-state index in [9.17, 15) is 0 Å². The molecule has 0 nitrogen and oxygen atoms in total. The summed E-state index contributed by atoms with van der Waals surface area (Å²) in [6, 6.07) is 8.87. The summed E-state index contributed by atoms with van der Waals surface area (Å²) in [6.07, 6.45) is 3.69. The molecule has 2 atom stereocenters. The van der Waals surface area contributed by atoms with Crippen molar-refractivity contribution in [1.29, 1.82) is 0 Å². The lowest BCUT2D eigenvalue weighted by molar-refractivity contribution is 0.697. The van der Waals surface area contributed by atoms with Crippen LogP contribution in [-0.2, 0) is 0 Å². The van der Waals surface area contributed by atoms with Gasteiger partial charge in [0, 0.05) is 5.92 Å². The molecule has 0 saturated carbocycles. The first kappa shape index (κ1) is 9.51. The molecule has 0 aliphatic heterocycles.